The Morgan fingerprint density at radius 3 is 2.58 bits per heavy atom. The lowest BCUT2D eigenvalue weighted by Crippen LogP contribution is -2.47. The first-order valence-electron chi connectivity index (χ1n) is 10.9. The number of Topliss-reactive ketones (excluding diaryl/α,β-unsaturated/α-hetero) is 1. The third-order valence-corrected chi connectivity index (χ3v) is 5.42. The van der Waals surface area contributed by atoms with Crippen molar-refractivity contribution in [1.82, 2.24) is 20.1 Å². The fraction of sp³-hybridized carbons (Fsp3) is 0.115. The number of pyridine rings is 1. The van der Waals surface area contributed by atoms with Crippen molar-refractivity contribution in [2.75, 3.05) is 7.11 Å². The maximum Gasteiger partial charge on any atom is 0.287 e. The first kappa shape index (κ1) is 24.3. The molecule has 4 aromatic rings. The average molecular weight is 487 g/mol. The third-order valence-electron chi connectivity index (χ3n) is 5.42. The number of rotatable bonds is 9. The number of hydrogen-bond donors (Lipinski definition) is 2. The summed E-state index contributed by atoms with van der Waals surface area (Å²) >= 11 is 0. The van der Waals surface area contributed by atoms with Crippen molar-refractivity contribution in [3.63, 3.8) is 0 Å². The topological polar surface area (TPSA) is 129 Å². The van der Waals surface area contributed by atoms with Crippen molar-refractivity contribution >= 4 is 17.6 Å². The fourth-order valence-electron chi connectivity index (χ4n) is 3.69. The van der Waals surface area contributed by atoms with E-state index in [1.165, 1.54) is 42.3 Å². The second kappa shape index (κ2) is 10.6. The Morgan fingerprint density at radius 1 is 1.08 bits per heavy atom. The van der Waals surface area contributed by atoms with Crippen LogP contribution in [-0.4, -0.2) is 45.5 Å². The van der Waals surface area contributed by atoms with Crippen LogP contribution in [0, 0.1) is 5.82 Å². The van der Waals surface area contributed by atoms with Crippen LogP contribution in [0.2, 0.25) is 0 Å². The quantitative estimate of drug-likeness (QED) is 0.349. The summed E-state index contributed by atoms with van der Waals surface area (Å²) in [5, 5.41) is 7.08. The zero-order valence-electron chi connectivity index (χ0n) is 19.2. The molecular formula is C26H22FN5O4. The second-order valence-electron chi connectivity index (χ2n) is 7.81. The molecule has 4 rings (SSSR count). The van der Waals surface area contributed by atoms with Crippen molar-refractivity contribution in [3.05, 3.63) is 96.1 Å². The van der Waals surface area contributed by atoms with Crippen molar-refractivity contribution in [1.29, 1.82) is 0 Å². The summed E-state index contributed by atoms with van der Waals surface area (Å²) in [7, 11) is 1.43. The van der Waals surface area contributed by atoms with Crippen molar-refractivity contribution in [2.24, 2.45) is 5.73 Å². The lowest BCUT2D eigenvalue weighted by Gasteiger charge is -2.17. The van der Waals surface area contributed by atoms with Crippen LogP contribution >= 0.6 is 0 Å². The van der Waals surface area contributed by atoms with E-state index in [2.05, 4.69) is 15.4 Å². The molecule has 0 aliphatic carbocycles. The number of ketones is 1. The van der Waals surface area contributed by atoms with Crippen molar-refractivity contribution in [3.8, 4) is 22.8 Å². The van der Waals surface area contributed by atoms with Gasteiger partial charge in [-0.1, -0.05) is 30.3 Å². The lowest BCUT2D eigenvalue weighted by molar-refractivity contribution is -0.137. The predicted octanol–water partition coefficient (Wildman–Crippen LogP) is 2.48. The highest BCUT2D eigenvalue weighted by Gasteiger charge is 2.27. The van der Waals surface area contributed by atoms with Gasteiger partial charge < -0.3 is 15.8 Å². The molecule has 2 aromatic carbocycles. The van der Waals surface area contributed by atoms with Crippen molar-refractivity contribution < 1.29 is 23.5 Å². The minimum atomic E-state index is -1.16. The number of nitrogens with one attached hydrogen (secondary N) is 1. The number of primary amides is 1. The van der Waals surface area contributed by atoms with Crippen LogP contribution in [-0.2, 0) is 16.0 Å². The molecule has 0 radical (unpaired) electrons. The van der Waals surface area contributed by atoms with Gasteiger partial charge in [-0.25, -0.2) is 14.1 Å². The van der Waals surface area contributed by atoms with Gasteiger partial charge in [0.25, 0.3) is 11.8 Å². The highest BCUT2D eigenvalue weighted by molar-refractivity contribution is 6.38. The number of nitrogens with two attached hydrogens (primary N) is 1. The lowest BCUT2D eigenvalue weighted by atomic mass is 10.0. The van der Waals surface area contributed by atoms with E-state index in [4.69, 9.17) is 10.5 Å². The number of carbonyl (C=O) groups excluding carboxylic acids is 3. The van der Waals surface area contributed by atoms with E-state index in [-0.39, 0.29) is 17.8 Å². The third kappa shape index (κ3) is 5.27. The molecule has 36 heavy (non-hydrogen) atoms. The SMILES string of the molecule is COc1cc(F)ccc1-c1ccn(-c2ncccc2C(=O)NC(Cc2ccccc2)C(=O)C(N)=O)n1. The molecule has 1 unspecified atom stereocenters. The smallest absolute Gasteiger partial charge is 0.287 e. The number of carbonyl (C=O) groups is 3. The van der Waals surface area contributed by atoms with E-state index >= 15 is 0 Å². The van der Waals surface area contributed by atoms with E-state index in [0.717, 1.165) is 5.56 Å². The highest BCUT2D eigenvalue weighted by atomic mass is 19.1. The number of hydrogen-bond acceptors (Lipinski definition) is 6. The molecule has 0 saturated heterocycles. The van der Waals surface area contributed by atoms with Crippen LogP contribution < -0.4 is 15.8 Å². The summed E-state index contributed by atoms with van der Waals surface area (Å²) in [5.41, 5.74) is 7.10. The Hall–Kier alpha value is -4.86. The zero-order valence-corrected chi connectivity index (χ0v) is 19.2. The Bertz CT molecular complexity index is 1420. The van der Waals surface area contributed by atoms with Gasteiger partial charge >= 0.3 is 0 Å². The van der Waals surface area contributed by atoms with E-state index in [0.29, 0.717) is 17.0 Å². The minimum Gasteiger partial charge on any atom is -0.496 e. The molecular weight excluding hydrogens is 465 g/mol. The molecule has 0 bridgehead atoms. The van der Waals surface area contributed by atoms with Crippen LogP contribution in [0.4, 0.5) is 4.39 Å². The van der Waals surface area contributed by atoms with Gasteiger partial charge in [-0.05, 0) is 35.9 Å². The van der Waals surface area contributed by atoms with Gasteiger partial charge in [-0.3, -0.25) is 14.4 Å². The van der Waals surface area contributed by atoms with Gasteiger partial charge in [0, 0.05) is 30.4 Å². The summed E-state index contributed by atoms with van der Waals surface area (Å²) in [6.07, 6.45) is 3.16. The van der Waals surface area contributed by atoms with E-state index in [9.17, 15) is 18.8 Å². The van der Waals surface area contributed by atoms with Gasteiger partial charge in [-0.2, -0.15) is 5.10 Å². The Morgan fingerprint density at radius 2 is 1.86 bits per heavy atom. The molecule has 0 saturated carbocycles. The molecule has 9 nitrogen and oxygen atoms in total. The first-order chi connectivity index (χ1) is 17.4. The zero-order chi connectivity index (χ0) is 25.7. The number of amides is 2. The fourth-order valence-corrected chi connectivity index (χ4v) is 3.69. The largest absolute Gasteiger partial charge is 0.496 e. The normalized spacial score (nSPS) is 11.5. The van der Waals surface area contributed by atoms with E-state index in [1.807, 2.05) is 6.07 Å². The summed E-state index contributed by atoms with van der Waals surface area (Å²) in [6, 6.07) is 16.6. The number of benzene rings is 2. The molecule has 10 heteroatoms. The number of nitrogens with zero attached hydrogens (tertiary/aromatic N) is 3. The van der Waals surface area contributed by atoms with Crippen LogP contribution in [0.3, 0.4) is 0 Å². The molecule has 3 N–H and O–H groups in total. The predicted molar refractivity (Wildman–Crippen MR) is 129 cm³/mol. The van der Waals surface area contributed by atoms with Gasteiger partial charge in [0.2, 0.25) is 5.78 Å². The molecule has 182 valence electrons. The maximum atomic E-state index is 13.6. The molecule has 0 fully saturated rings. The number of aromatic nitrogens is 3. The standard InChI is InChI=1S/C26H22FN5O4/c1-36-22-15-17(27)9-10-18(22)20-11-13-32(31-20)25-19(8-5-12-29-25)26(35)30-21(23(33)24(28)34)14-16-6-3-2-4-7-16/h2-13,15,21H,14H2,1H3,(H2,28,34)(H,30,35). The Kier molecular flexibility index (Phi) is 7.15. The van der Waals surface area contributed by atoms with E-state index < -0.39 is 29.5 Å². The molecule has 2 amide bonds. The van der Waals surface area contributed by atoms with Gasteiger partial charge in [-0.15, -0.1) is 0 Å². The van der Waals surface area contributed by atoms with Gasteiger partial charge in [0.05, 0.1) is 18.4 Å². The van der Waals surface area contributed by atoms with E-state index in [1.54, 1.807) is 42.6 Å². The molecule has 0 aliphatic rings. The number of ether oxygens (including phenoxy) is 1. The number of methoxy groups -OCH3 is 1. The Labute approximate surface area is 205 Å². The summed E-state index contributed by atoms with van der Waals surface area (Å²) < 4.78 is 20.2. The maximum absolute atomic E-state index is 13.6. The monoisotopic (exact) mass is 487 g/mol. The molecule has 2 heterocycles. The molecule has 0 aliphatic heterocycles. The number of halogens is 1. The summed E-state index contributed by atoms with van der Waals surface area (Å²) in [6.45, 7) is 0. The molecule has 2 aromatic heterocycles. The molecule has 1 atom stereocenters. The van der Waals surface area contributed by atoms with Crippen molar-refractivity contribution in [2.45, 2.75) is 12.5 Å². The van der Waals surface area contributed by atoms with Crippen LogP contribution in [0.25, 0.3) is 17.1 Å². The van der Waals surface area contributed by atoms with Crippen LogP contribution in [0.15, 0.2) is 79.1 Å². The summed E-state index contributed by atoms with van der Waals surface area (Å²) in [4.78, 5) is 41.6. The average Bonchev–Trinajstić information content (AvgIpc) is 3.38. The highest BCUT2D eigenvalue weighted by Crippen LogP contribution is 2.29. The van der Waals surface area contributed by atoms with Crippen LogP contribution in [0.1, 0.15) is 15.9 Å². The Balaban J connectivity index is 1.63. The van der Waals surface area contributed by atoms with Gasteiger partial charge in [0.1, 0.15) is 17.6 Å². The van der Waals surface area contributed by atoms with Crippen LogP contribution in [0.5, 0.6) is 5.75 Å². The first-order valence-corrected chi connectivity index (χ1v) is 10.9. The molecule has 0 spiro atoms. The second-order valence-corrected chi connectivity index (χ2v) is 7.81. The van der Waals surface area contributed by atoms with Gasteiger partial charge in [0.15, 0.2) is 5.82 Å². The minimum absolute atomic E-state index is 0.0836. The summed E-state index contributed by atoms with van der Waals surface area (Å²) in [5.74, 6) is -2.66.